The summed E-state index contributed by atoms with van der Waals surface area (Å²) in [7, 11) is -2.93. The number of sulfone groups is 1. The number of hydrogen-bond acceptors (Lipinski definition) is 4. The third-order valence-electron chi connectivity index (χ3n) is 2.85. The SMILES string of the molecule is CCc1nnc(Cl)n1C1CCCS(=O)(=O)C1. The molecule has 16 heavy (non-hydrogen) atoms. The second-order valence-electron chi connectivity index (χ2n) is 4.02. The molecule has 1 unspecified atom stereocenters. The average Bonchev–Trinajstić information content (AvgIpc) is 2.58. The molecule has 1 aromatic heterocycles. The Morgan fingerprint density at radius 1 is 1.50 bits per heavy atom. The third-order valence-corrected chi connectivity index (χ3v) is 4.91. The molecular formula is C9H14ClN3O2S. The summed E-state index contributed by atoms with van der Waals surface area (Å²) in [5.41, 5.74) is 0. The van der Waals surface area contributed by atoms with Crippen LogP contribution in [0.5, 0.6) is 0 Å². The monoisotopic (exact) mass is 263 g/mol. The van der Waals surface area contributed by atoms with Crippen LogP contribution in [0.25, 0.3) is 0 Å². The van der Waals surface area contributed by atoms with Gasteiger partial charge in [0.25, 0.3) is 0 Å². The average molecular weight is 264 g/mol. The van der Waals surface area contributed by atoms with Crippen molar-refractivity contribution in [3.05, 3.63) is 11.1 Å². The molecule has 0 N–H and O–H groups in total. The maximum atomic E-state index is 11.6. The van der Waals surface area contributed by atoms with E-state index >= 15 is 0 Å². The van der Waals surface area contributed by atoms with Crippen molar-refractivity contribution in [3.8, 4) is 0 Å². The number of rotatable bonds is 2. The predicted molar refractivity (Wildman–Crippen MR) is 61.3 cm³/mol. The molecule has 1 aromatic rings. The summed E-state index contributed by atoms with van der Waals surface area (Å²) in [5.74, 6) is 1.19. The molecule has 0 amide bonds. The number of nitrogens with zero attached hydrogens (tertiary/aromatic N) is 3. The Balaban J connectivity index is 2.33. The Hall–Kier alpha value is -0.620. The lowest BCUT2D eigenvalue weighted by molar-refractivity contribution is 0.458. The molecule has 5 nitrogen and oxygen atoms in total. The van der Waals surface area contributed by atoms with Gasteiger partial charge < -0.3 is 0 Å². The topological polar surface area (TPSA) is 64.8 Å². The second-order valence-corrected chi connectivity index (χ2v) is 6.59. The molecule has 0 aliphatic carbocycles. The second kappa shape index (κ2) is 4.33. The molecule has 0 radical (unpaired) electrons. The maximum absolute atomic E-state index is 11.6. The van der Waals surface area contributed by atoms with Crippen molar-refractivity contribution in [2.75, 3.05) is 11.5 Å². The van der Waals surface area contributed by atoms with Crippen molar-refractivity contribution in [2.45, 2.75) is 32.2 Å². The molecule has 1 aliphatic rings. The molecule has 1 saturated heterocycles. The Labute approximate surface area is 99.7 Å². The van der Waals surface area contributed by atoms with E-state index in [9.17, 15) is 8.42 Å². The first-order chi connectivity index (χ1) is 7.53. The predicted octanol–water partition coefficient (Wildman–Crippen LogP) is 1.24. The quantitative estimate of drug-likeness (QED) is 0.805. The van der Waals surface area contributed by atoms with Crippen molar-refractivity contribution >= 4 is 21.4 Å². The van der Waals surface area contributed by atoms with Crippen LogP contribution in [0, 0.1) is 0 Å². The van der Waals surface area contributed by atoms with Gasteiger partial charge in [0.05, 0.1) is 17.5 Å². The zero-order valence-electron chi connectivity index (χ0n) is 9.06. The van der Waals surface area contributed by atoms with Gasteiger partial charge in [0.2, 0.25) is 5.28 Å². The van der Waals surface area contributed by atoms with Crippen molar-refractivity contribution in [2.24, 2.45) is 0 Å². The Kier molecular flexibility index (Phi) is 3.21. The normalized spacial score (nSPS) is 24.5. The summed E-state index contributed by atoms with van der Waals surface area (Å²) in [6.07, 6.45) is 2.21. The lowest BCUT2D eigenvalue weighted by Crippen LogP contribution is -2.28. The molecule has 7 heteroatoms. The summed E-state index contributed by atoms with van der Waals surface area (Å²) < 4.78 is 24.9. The van der Waals surface area contributed by atoms with E-state index in [0.29, 0.717) is 18.1 Å². The Bertz CT molecular complexity index is 483. The van der Waals surface area contributed by atoms with E-state index in [-0.39, 0.29) is 17.5 Å². The Morgan fingerprint density at radius 3 is 2.88 bits per heavy atom. The number of halogens is 1. The molecule has 90 valence electrons. The first-order valence-electron chi connectivity index (χ1n) is 5.33. The standard InChI is InChI=1S/C9H14ClN3O2S/c1-2-8-11-12-9(10)13(8)7-4-3-5-16(14,15)6-7/h7H,2-6H2,1H3. The molecular weight excluding hydrogens is 250 g/mol. The largest absolute Gasteiger partial charge is 0.298 e. The van der Waals surface area contributed by atoms with Gasteiger partial charge in [-0.1, -0.05) is 6.92 Å². The lowest BCUT2D eigenvalue weighted by Gasteiger charge is -2.24. The molecule has 1 atom stereocenters. The van der Waals surface area contributed by atoms with Gasteiger partial charge in [0, 0.05) is 6.42 Å². The van der Waals surface area contributed by atoms with Crippen LogP contribution >= 0.6 is 11.6 Å². The molecule has 0 aromatic carbocycles. The fourth-order valence-electron chi connectivity index (χ4n) is 2.11. The first-order valence-corrected chi connectivity index (χ1v) is 7.53. The highest BCUT2D eigenvalue weighted by Gasteiger charge is 2.28. The first kappa shape index (κ1) is 11.9. The summed E-state index contributed by atoms with van der Waals surface area (Å²) in [4.78, 5) is 0. The van der Waals surface area contributed by atoms with Crippen LogP contribution in [0.4, 0.5) is 0 Å². The van der Waals surface area contributed by atoms with Crippen LogP contribution < -0.4 is 0 Å². The highest BCUT2D eigenvalue weighted by molar-refractivity contribution is 7.91. The van der Waals surface area contributed by atoms with Crippen LogP contribution in [0.1, 0.15) is 31.6 Å². The van der Waals surface area contributed by atoms with E-state index in [1.165, 1.54) is 0 Å². The van der Waals surface area contributed by atoms with E-state index in [0.717, 1.165) is 12.2 Å². The van der Waals surface area contributed by atoms with Crippen molar-refractivity contribution < 1.29 is 8.42 Å². The fourth-order valence-corrected chi connectivity index (χ4v) is 4.06. The van der Waals surface area contributed by atoms with Gasteiger partial charge in [-0.3, -0.25) is 4.57 Å². The molecule has 2 rings (SSSR count). The summed E-state index contributed by atoms with van der Waals surface area (Å²) in [6.45, 7) is 1.95. The minimum Gasteiger partial charge on any atom is -0.298 e. The van der Waals surface area contributed by atoms with E-state index in [1.807, 2.05) is 6.92 Å². The maximum Gasteiger partial charge on any atom is 0.225 e. The lowest BCUT2D eigenvalue weighted by atomic mass is 10.2. The molecule has 1 aliphatic heterocycles. The summed E-state index contributed by atoms with van der Waals surface area (Å²) in [5, 5.41) is 8.03. The van der Waals surface area contributed by atoms with Crippen molar-refractivity contribution in [1.29, 1.82) is 0 Å². The minimum absolute atomic E-state index is 0.101. The number of hydrogen-bond donors (Lipinski definition) is 0. The molecule has 0 saturated carbocycles. The molecule has 0 spiro atoms. The number of aryl methyl sites for hydroxylation is 1. The zero-order valence-corrected chi connectivity index (χ0v) is 10.6. The van der Waals surface area contributed by atoms with Crippen LogP contribution in [0.3, 0.4) is 0 Å². The fraction of sp³-hybridized carbons (Fsp3) is 0.778. The van der Waals surface area contributed by atoms with Gasteiger partial charge in [-0.05, 0) is 24.4 Å². The van der Waals surface area contributed by atoms with Crippen molar-refractivity contribution in [1.82, 2.24) is 14.8 Å². The van der Waals surface area contributed by atoms with E-state index in [4.69, 9.17) is 11.6 Å². The van der Waals surface area contributed by atoms with E-state index in [2.05, 4.69) is 10.2 Å². The van der Waals surface area contributed by atoms with E-state index < -0.39 is 9.84 Å². The summed E-state index contributed by atoms with van der Waals surface area (Å²) >= 11 is 5.94. The third kappa shape index (κ3) is 2.22. The van der Waals surface area contributed by atoms with Gasteiger partial charge in [-0.25, -0.2) is 8.42 Å². The van der Waals surface area contributed by atoms with E-state index in [1.54, 1.807) is 4.57 Å². The summed E-state index contributed by atoms with van der Waals surface area (Å²) in [6, 6.07) is -0.101. The van der Waals surface area contributed by atoms with Crippen LogP contribution in [0.2, 0.25) is 5.28 Å². The Morgan fingerprint density at radius 2 is 2.25 bits per heavy atom. The van der Waals surface area contributed by atoms with Gasteiger partial charge in [-0.2, -0.15) is 0 Å². The molecule has 1 fully saturated rings. The number of aromatic nitrogens is 3. The van der Waals surface area contributed by atoms with Gasteiger partial charge in [0.1, 0.15) is 5.82 Å². The highest BCUT2D eigenvalue weighted by Crippen LogP contribution is 2.27. The van der Waals surface area contributed by atoms with Gasteiger partial charge >= 0.3 is 0 Å². The molecule has 0 bridgehead atoms. The van der Waals surface area contributed by atoms with Crippen LogP contribution in [-0.2, 0) is 16.3 Å². The van der Waals surface area contributed by atoms with Crippen molar-refractivity contribution in [3.63, 3.8) is 0 Å². The molecule has 2 heterocycles. The smallest absolute Gasteiger partial charge is 0.225 e. The van der Waals surface area contributed by atoms with Gasteiger partial charge in [-0.15, -0.1) is 10.2 Å². The zero-order chi connectivity index (χ0) is 11.8. The van der Waals surface area contributed by atoms with Crippen LogP contribution in [0.15, 0.2) is 0 Å². The van der Waals surface area contributed by atoms with Crippen LogP contribution in [-0.4, -0.2) is 34.7 Å². The highest BCUT2D eigenvalue weighted by atomic mass is 35.5. The minimum atomic E-state index is -2.93. The van der Waals surface area contributed by atoms with Gasteiger partial charge in [0.15, 0.2) is 9.84 Å².